The molecule has 0 saturated carbocycles. The normalized spacial score (nSPS) is 23.3. The number of fused-ring (bicyclic) bond motifs is 1. The van der Waals surface area contributed by atoms with E-state index in [9.17, 15) is 42.3 Å². The van der Waals surface area contributed by atoms with Crippen molar-refractivity contribution in [1.82, 2.24) is 14.3 Å². The zero-order valence-corrected chi connectivity index (χ0v) is 25.8. The number of sulfonamides is 1. The van der Waals surface area contributed by atoms with Gasteiger partial charge in [0.05, 0.1) is 18.1 Å². The Hall–Kier alpha value is -2.77. The number of aromatic nitrogens is 2. The first-order valence-corrected chi connectivity index (χ1v) is 17.2. The molecule has 7 N–H and O–H groups in total. The molecule has 0 radical (unpaired) electrons. The second-order valence-electron chi connectivity index (χ2n) is 9.66. The predicted octanol–water partition coefficient (Wildman–Crippen LogP) is -0.107. The third-order valence-corrected chi connectivity index (χ3v) is 10.5. The van der Waals surface area contributed by atoms with E-state index in [1.165, 1.54) is 12.1 Å². The van der Waals surface area contributed by atoms with Crippen molar-refractivity contribution in [2.45, 2.75) is 29.4 Å². The highest BCUT2D eigenvalue weighted by Gasteiger charge is 2.46. The molecule has 2 heterocycles. The fourth-order valence-electron chi connectivity index (χ4n) is 4.37. The van der Waals surface area contributed by atoms with Crippen LogP contribution >= 0.6 is 15.6 Å². The van der Waals surface area contributed by atoms with Crippen LogP contribution in [0.4, 0.5) is 11.5 Å². The summed E-state index contributed by atoms with van der Waals surface area (Å²) in [4.78, 5) is 37.1. The number of nitrogen functional groups attached to an aromatic ring is 1. The molecule has 1 aliphatic heterocycles. The minimum atomic E-state index is -5.34. The van der Waals surface area contributed by atoms with Gasteiger partial charge in [0.1, 0.15) is 24.1 Å². The highest BCUT2D eigenvalue weighted by atomic mass is 32.2. The Morgan fingerprint density at radius 2 is 1.70 bits per heavy atom. The number of phosphoric ester groups is 2. The molecule has 18 nitrogen and oxygen atoms in total. The van der Waals surface area contributed by atoms with Crippen molar-refractivity contribution in [2.75, 3.05) is 44.5 Å². The first kappa shape index (κ1) is 34.1. The van der Waals surface area contributed by atoms with Crippen molar-refractivity contribution in [2.24, 2.45) is 0 Å². The molecule has 2 aromatic carbocycles. The smallest absolute Gasteiger partial charge is 0.387 e. The Kier molecular flexibility index (Phi) is 10.3. The number of ether oxygens (including phenoxy) is 1. The van der Waals surface area contributed by atoms with E-state index in [1.807, 2.05) is 25.1 Å². The van der Waals surface area contributed by atoms with Crippen molar-refractivity contribution in [3.05, 3.63) is 59.1 Å². The quantitative estimate of drug-likeness (QED) is 0.102. The van der Waals surface area contributed by atoms with Gasteiger partial charge in [-0.3, -0.25) is 13.6 Å². The molecular formula is C23H31N5O13P2S. The molecule has 6 atom stereocenters. The molecule has 242 valence electrons. The molecule has 4 rings (SSSR count). The second kappa shape index (κ2) is 13.3. The number of aliphatic hydroxyl groups excluding tert-OH is 2. The topological polar surface area (TPSA) is 262 Å². The maximum atomic E-state index is 13.0. The van der Waals surface area contributed by atoms with Crippen molar-refractivity contribution >= 4 is 47.9 Å². The van der Waals surface area contributed by atoms with Crippen LogP contribution in [0.25, 0.3) is 10.8 Å². The summed E-state index contributed by atoms with van der Waals surface area (Å²) in [6, 6.07) is 11.1. The van der Waals surface area contributed by atoms with Gasteiger partial charge < -0.3 is 35.4 Å². The lowest BCUT2D eigenvalue weighted by Gasteiger charge is -2.19. The van der Waals surface area contributed by atoms with Gasteiger partial charge in [0.2, 0.25) is 10.0 Å². The third kappa shape index (κ3) is 7.89. The van der Waals surface area contributed by atoms with Crippen molar-refractivity contribution in [3.63, 3.8) is 0 Å². The average molecular weight is 680 g/mol. The number of nitrogens with one attached hydrogen (secondary N) is 1. The van der Waals surface area contributed by atoms with Crippen LogP contribution in [0, 0.1) is 0 Å². The van der Waals surface area contributed by atoms with Crippen LogP contribution in [0.2, 0.25) is 0 Å². The Morgan fingerprint density at radius 3 is 2.39 bits per heavy atom. The average Bonchev–Trinajstić information content (AvgIpc) is 3.21. The molecular weight excluding hydrogens is 648 g/mol. The summed E-state index contributed by atoms with van der Waals surface area (Å²) >= 11 is 0. The number of rotatable bonds is 13. The highest BCUT2D eigenvalue weighted by molar-refractivity contribution is 7.89. The molecule has 44 heavy (non-hydrogen) atoms. The van der Waals surface area contributed by atoms with E-state index < -0.39 is 75.7 Å². The van der Waals surface area contributed by atoms with E-state index in [4.69, 9.17) is 10.5 Å². The molecule has 0 spiro atoms. The lowest BCUT2D eigenvalue weighted by Crippen LogP contribution is -2.36. The number of aliphatic hydroxyl groups is 2. The number of phosphoric acid groups is 2. The first-order valence-electron chi connectivity index (χ1n) is 12.7. The van der Waals surface area contributed by atoms with E-state index in [2.05, 4.69) is 23.1 Å². The standard InChI is InChI=1S/C23H31N5O13P2S/c1-27(2)16-7-3-6-15-14(16)5-4-8-18(15)44(36,37)25-10-12-38-42(32,33)41-43(34,35)39-13-17-20(29)21(30)22(40-17)28-11-9-19(24)26-23(28)31/h3-9,11,17,20-22,25,29-30H,10,12-13H2,1-2H3,(H,32,33)(H,34,35)(H2,24,26,31)/t17-,20-,21-,22-/m1/s1. The van der Waals surface area contributed by atoms with Crippen LogP contribution < -0.4 is 21.0 Å². The molecule has 3 aromatic rings. The first-order chi connectivity index (χ1) is 20.5. The predicted molar refractivity (Wildman–Crippen MR) is 155 cm³/mol. The number of nitrogens with zero attached hydrogens (tertiary/aromatic N) is 3. The lowest BCUT2D eigenvalue weighted by molar-refractivity contribution is -0.0542. The minimum absolute atomic E-state index is 0.0448. The number of anilines is 2. The Labute approximate surface area is 250 Å². The SMILES string of the molecule is CN(C)c1cccc2c(S(=O)(=O)NCCOP(=O)(O)OP(=O)(O)OC[C@H]3O[C@@H](n4ccc(N)nc4=O)[C@H](O)[C@@H]3O)cccc12. The van der Waals surface area contributed by atoms with E-state index >= 15 is 0 Å². The van der Waals surface area contributed by atoms with Crippen LogP contribution in [0.3, 0.4) is 0 Å². The molecule has 1 saturated heterocycles. The molecule has 2 unspecified atom stereocenters. The number of benzene rings is 2. The maximum absolute atomic E-state index is 13.0. The summed E-state index contributed by atoms with van der Waals surface area (Å²) in [5.74, 6) is -0.103. The molecule has 1 fully saturated rings. The lowest BCUT2D eigenvalue weighted by atomic mass is 10.1. The van der Waals surface area contributed by atoms with Gasteiger partial charge >= 0.3 is 21.3 Å². The van der Waals surface area contributed by atoms with Crippen LogP contribution in [0.15, 0.2) is 58.4 Å². The Morgan fingerprint density at radius 1 is 1.05 bits per heavy atom. The van der Waals surface area contributed by atoms with Gasteiger partial charge in [-0.1, -0.05) is 24.3 Å². The van der Waals surface area contributed by atoms with Gasteiger partial charge in [-0.25, -0.2) is 27.1 Å². The van der Waals surface area contributed by atoms with Crippen LogP contribution in [0.5, 0.6) is 0 Å². The number of hydrogen-bond donors (Lipinski definition) is 6. The number of nitrogens with two attached hydrogens (primary N) is 1. The van der Waals surface area contributed by atoms with Gasteiger partial charge in [-0.15, -0.1) is 0 Å². The Balaban J connectivity index is 1.30. The molecule has 1 aromatic heterocycles. The van der Waals surface area contributed by atoms with Crippen LogP contribution in [0.1, 0.15) is 6.23 Å². The molecule has 1 aliphatic rings. The summed E-state index contributed by atoms with van der Waals surface area (Å²) in [6.07, 6.45) is -5.20. The summed E-state index contributed by atoms with van der Waals surface area (Å²) in [5, 5.41) is 21.6. The largest absolute Gasteiger partial charge is 0.481 e. The van der Waals surface area contributed by atoms with Gasteiger partial charge in [0.25, 0.3) is 0 Å². The minimum Gasteiger partial charge on any atom is -0.387 e. The van der Waals surface area contributed by atoms with Gasteiger partial charge in [0, 0.05) is 43.3 Å². The van der Waals surface area contributed by atoms with Gasteiger partial charge in [-0.2, -0.15) is 9.29 Å². The summed E-state index contributed by atoms with van der Waals surface area (Å²) in [5.41, 5.74) is 5.30. The van der Waals surface area contributed by atoms with Crippen LogP contribution in [-0.4, -0.2) is 90.1 Å². The van der Waals surface area contributed by atoms with E-state index in [0.29, 0.717) is 10.8 Å². The molecule has 0 amide bonds. The van der Waals surface area contributed by atoms with Gasteiger partial charge in [-0.05, 0) is 18.2 Å². The highest BCUT2D eigenvalue weighted by Crippen LogP contribution is 2.60. The van der Waals surface area contributed by atoms with Crippen molar-refractivity contribution < 1.29 is 55.6 Å². The Bertz CT molecular complexity index is 1770. The zero-order chi connectivity index (χ0) is 32.4. The third-order valence-electron chi connectivity index (χ3n) is 6.35. The monoisotopic (exact) mass is 679 g/mol. The summed E-state index contributed by atoms with van der Waals surface area (Å²) < 4.78 is 72.3. The molecule has 0 aliphatic carbocycles. The van der Waals surface area contributed by atoms with E-state index in [1.54, 1.807) is 24.3 Å². The molecule has 0 bridgehead atoms. The van der Waals surface area contributed by atoms with Crippen molar-refractivity contribution in [3.8, 4) is 0 Å². The molecule has 21 heteroatoms. The second-order valence-corrected chi connectivity index (χ2v) is 14.4. The fraction of sp³-hybridized carbons (Fsp3) is 0.391. The summed E-state index contributed by atoms with van der Waals surface area (Å²) in [7, 11) is -11.1. The number of hydrogen-bond acceptors (Lipinski definition) is 14. The summed E-state index contributed by atoms with van der Waals surface area (Å²) in [6.45, 7) is -2.19. The maximum Gasteiger partial charge on any atom is 0.481 e. The van der Waals surface area contributed by atoms with Crippen LogP contribution in [-0.2, 0) is 37.2 Å². The van der Waals surface area contributed by atoms with Gasteiger partial charge in [0.15, 0.2) is 6.23 Å². The fourth-order valence-corrected chi connectivity index (χ4v) is 7.68. The van der Waals surface area contributed by atoms with Crippen molar-refractivity contribution in [1.29, 1.82) is 0 Å². The van der Waals surface area contributed by atoms with E-state index in [-0.39, 0.29) is 10.7 Å². The zero-order valence-electron chi connectivity index (χ0n) is 23.2. The van der Waals surface area contributed by atoms with E-state index in [0.717, 1.165) is 16.5 Å².